The predicted molar refractivity (Wildman–Crippen MR) is 121 cm³/mol. The number of hydrogen-bond acceptors (Lipinski definition) is 6. The van der Waals surface area contributed by atoms with Crippen LogP contribution in [0.1, 0.15) is 40.7 Å². The summed E-state index contributed by atoms with van der Waals surface area (Å²) in [7, 11) is 0. The topological polar surface area (TPSA) is 72.9 Å². The Morgan fingerprint density at radius 1 is 1.06 bits per heavy atom. The van der Waals surface area contributed by atoms with E-state index >= 15 is 0 Å². The summed E-state index contributed by atoms with van der Waals surface area (Å²) in [6.07, 6.45) is -0.721. The lowest BCUT2D eigenvalue weighted by atomic mass is 9.74. The van der Waals surface area contributed by atoms with Gasteiger partial charge < -0.3 is 14.4 Å². The Hall–Kier alpha value is -3.46. The van der Waals surface area contributed by atoms with Crippen molar-refractivity contribution in [3.05, 3.63) is 71.3 Å². The summed E-state index contributed by atoms with van der Waals surface area (Å²) < 4.78 is 46.4. The van der Waals surface area contributed by atoms with E-state index in [1.165, 1.54) is 6.08 Å². The minimum absolute atomic E-state index is 0.119. The van der Waals surface area contributed by atoms with Crippen LogP contribution in [0.25, 0.3) is 6.08 Å². The molecule has 0 unspecified atom stereocenters. The number of likely N-dealkylation sites (tertiary alicyclic amines) is 1. The van der Waals surface area contributed by atoms with Gasteiger partial charge in [0.05, 0.1) is 13.0 Å². The average Bonchev–Trinajstić information content (AvgIpc) is 3.19. The maximum Gasteiger partial charge on any atom is 0.491 e. The largest absolute Gasteiger partial charge is 0.492 e. The fourth-order valence-electron chi connectivity index (χ4n) is 4.44. The van der Waals surface area contributed by atoms with E-state index in [-0.39, 0.29) is 24.2 Å². The van der Waals surface area contributed by atoms with E-state index in [9.17, 15) is 27.6 Å². The molecule has 0 N–H and O–H groups in total. The number of halogens is 3. The number of fused-ring (bicyclic) bond motifs is 2. The highest BCUT2D eigenvalue weighted by Gasteiger charge is 2.44. The molecule has 2 aliphatic heterocycles. The molecule has 1 spiro atoms. The zero-order valence-corrected chi connectivity index (χ0v) is 18.8. The zero-order valence-electron chi connectivity index (χ0n) is 18.8. The molecule has 9 heteroatoms. The van der Waals surface area contributed by atoms with Crippen LogP contribution < -0.4 is 4.74 Å². The Morgan fingerprint density at radius 3 is 2.46 bits per heavy atom. The van der Waals surface area contributed by atoms with Crippen molar-refractivity contribution in [2.45, 2.75) is 30.9 Å². The van der Waals surface area contributed by atoms with Crippen LogP contribution in [0.3, 0.4) is 0 Å². The quantitative estimate of drug-likeness (QED) is 0.261. The third-order valence-electron chi connectivity index (χ3n) is 6.45. The summed E-state index contributed by atoms with van der Waals surface area (Å²) in [5.74, 6) is -3.12. The molecule has 0 saturated carbocycles. The molecule has 0 aliphatic carbocycles. The lowest BCUT2D eigenvalue weighted by Crippen LogP contribution is -2.44. The van der Waals surface area contributed by atoms with Gasteiger partial charge in [0.25, 0.3) is 0 Å². The number of carbonyl (C=O) groups excluding carboxylic acids is 3. The fraction of sp³-hybridized carbons (Fsp3) is 0.346. The van der Waals surface area contributed by atoms with Crippen molar-refractivity contribution in [2.24, 2.45) is 0 Å². The molecule has 2 aromatic carbocycles. The lowest BCUT2D eigenvalue weighted by molar-refractivity contribution is -0.201. The number of piperidine rings is 1. The molecule has 4 rings (SSSR count). The maximum atomic E-state index is 12.6. The van der Waals surface area contributed by atoms with Crippen molar-refractivity contribution in [3.8, 4) is 5.75 Å². The first kappa shape index (κ1) is 24.7. The van der Waals surface area contributed by atoms with Crippen molar-refractivity contribution >= 4 is 23.8 Å². The first-order valence-electron chi connectivity index (χ1n) is 11.3. The van der Waals surface area contributed by atoms with Gasteiger partial charge in [0.1, 0.15) is 5.75 Å². The van der Waals surface area contributed by atoms with Crippen LogP contribution in [-0.4, -0.2) is 55.0 Å². The molecule has 0 amide bonds. The molecule has 184 valence electrons. The zero-order chi connectivity index (χ0) is 25.1. The standard InChI is InChI=1S/C26H24F3NO5/c27-26(28,29)24(33)35-23(32)10-13-30-14-11-25(12-15-30)17-34-22-16-19(7-8-20(22)25)21(31)9-6-18-4-2-1-3-5-18/h1-9,16H,10-15,17H2/b9-6+. The highest BCUT2D eigenvalue weighted by atomic mass is 19.4. The van der Waals surface area contributed by atoms with Crippen LogP contribution in [0.2, 0.25) is 0 Å². The van der Waals surface area contributed by atoms with Gasteiger partial charge in [0.2, 0.25) is 0 Å². The van der Waals surface area contributed by atoms with Crippen LogP contribution in [0.15, 0.2) is 54.6 Å². The Balaban J connectivity index is 1.32. The summed E-state index contributed by atoms with van der Waals surface area (Å²) in [6, 6.07) is 15.0. The average molecular weight is 487 g/mol. The van der Waals surface area contributed by atoms with Crippen molar-refractivity contribution in [1.29, 1.82) is 0 Å². The molecule has 0 aromatic heterocycles. The van der Waals surface area contributed by atoms with Crippen molar-refractivity contribution < 1.29 is 37.0 Å². The number of benzene rings is 2. The van der Waals surface area contributed by atoms with Gasteiger partial charge in [-0.25, -0.2) is 4.79 Å². The van der Waals surface area contributed by atoms with Crippen LogP contribution in [0.4, 0.5) is 13.2 Å². The van der Waals surface area contributed by atoms with Gasteiger partial charge in [-0.15, -0.1) is 0 Å². The first-order chi connectivity index (χ1) is 16.7. The van der Waals surface area contributed by atoms with Crippen molar-refractivity contribution in [1.82, 2.24) is 4.90 Å². The maximum absolute atomic E-state index is 12.6. The molecule has 0 bridgehead atoms. The van der Waals surface area contributed by atoms with Crippen LogP contribution in [-0.2, 0) is 19.7 Å². The monoisotopic (exact) mass is 487 g/mol. The van der Waals surface area contributed by atoms with Crippen LogP contribution in [0.5, 0.6) is 5.75 Å². The number of ether oxygens (including phenoxy) is 2. The third kappa shape index (κ3) is 5.79. The second kappa shape index (κ2) is 10.0. The molecular weight excluding hydrogens is 463 g/mol. The van der Waals surface area contributed by atoms with Crippen LogP contribution >= 0.6 is 0 Å². The fourth-order valence-corrected chi connectivity index (χ4v) is 4.44. The van der Waals surface area contributed by atoms with E-state index in [1.54, 1.807) is 18.2 Å². The molecule has 2 heterocycles. The summed E-state index contributed by atoms with van der Waals surface area (Å²) in [5.41, 5.74) is 2.30. The molecule has 2 aromatic rings. The summed E-state index contributed by atoms with van der Waals surface area (Å²) in [5, 5.41) is 0. The minimum Gasteiger partial charge on any atom is -0.492 e. The lowest BCUT2D eigenvalue weighted by Gasteiger charge is -2.38. The Labute approximate surface area is 200 Å². The minimum atomic E-state index is -5.19. The SMILES string of the molecule is O=C(CCN1CCC2(CC1)COc1cc(C(=O)/C=C/c3ccccc3)ccc12)OC(=O)C(F)(F)F. The van der Waals surface area contributed by atoms with Gasteiger partial charge in [-0.1, -0.05) is 48.5 Å². The Morgan fingerprint density at radius 2 is 1.77 bits per heavy atom. The molecular formula is C26H24F3NO5. The summed E-state index contributed by atoms with van der Waals surface area (Å²) >= 11 is 0. The molecule has 2 aliphatic rings. The number of ketones is 1. The van der Waals surface area contributed by atoms with Gasteiger partial charge in [-0.05, 0) is 43.6 Å². The highest BCUT2D eigenvalue weighted by molar-refractivity contribution is 6.07. The van der Waals surface area contributed by atoms with Gasteiger partial charge in [-0.2, -0.15) is 13.2 Å². The molecule has 1 saturated heterocycles. The third-order valence-corrected chi connectivity index (χ3v) is 6.45. The van der Waals surface area contributed by atoms with E-state index in [2.05, 4.69) is 4.74 Å². The van der Waals surface area contributed by atoms with E-state index in [0.29, 0.717) is 31.0 Å². The van der Waals surface area contributed by atoms with Crippen molar-refractivity contribution in [2.75, 3.05) is 26.2 Å². The Bertz CT molecular complexity index is 1140. The second-order valence-corrected chi connectivity index (χ2v) is 8.74. The van der Waals surface area contributed by atoms with Gasteiger partial charge in [0, 0.05) is 23.1 Å². The second-order valence-electron chi connectivity index (χ2n) is 8.74. The van der Waals surface area contributed by atoms with E-state index in [4.69, 9.17) is 4.74 Å². The predicted octanol–water partition coefficient (Wildman–Crippen LogP) is 4.33. The molecule has 35 heavy (non-hydrogen) atoms. The number of allylic oxidation sites excluding steroid dienone is 1. The first-order valence-corrected chi connectivity index (χ1v) is 11.3. The number of carbonyl (C=O) groups is 3. The molecule has 6 nitrogen and oxygen atoms in total. The van der Waals surface area contributed by atoms with Crippen molar-refractivity contribution in [3.63, 3.8) is 0 Å². The van der Waals surface area contributed by atoms with Gasteiger partial charge >= 0.3 is 18.1 Å². The number of rotatable bonds is 6. The number of nitrogens with zero attached hydrogens (tertiary/aromatic N) is 1. The van der Waals surface area contributed by atoms with Crippen LogP contribution in [0, 0.1) is 0 Å². The highest BCUT2D eigenvalue weighted by Crippen LogP contribution is 2.45. The Kier molecular flexibility index (Phi) is 7.07. The summed E-state index contributed by atoms with van der Waals surface area (Å²) in [6.45, 7) is 1.92. The number of hydrogen-bond donors (Lipinski definition) is 0. The molecule has 0 atom stereocenters. The van der Waals surface area contributed by atoms with E-state index in [1.807, 2.05) is 41.3 Å². The van der Waals surface area contributed by atoms with E-state index < -0.39 is 18.1 Å². The smallest absolute Gasteiger partial charge is 0.491 e. The number of alkyl halides is 3. The number of esters is 2. The normalized spacial score (nSPS) is 17.2. The van der Waals surface area contributed by atoms with E-state index in [0.717, 1.165) is 24.0 Å². The van der Waals surface area contributed by atoms with Gasteiger partial charge in [0.15, 0.2) is 5.78 Å². The summed E-state index contributed by atoms with van der Waals surface area (Å²) in [4.78, 5) is 36.9. The molecule has 0 radical (unpaired) electrons. The van der Waals surface area contributed by atoms with Gasteiger partial charge in [-0.3, -0.25) is 9.59 Å². The molecule has 1 fully saturated rings.